The van der Waals surface area contributed by atoms with Gasteiger partial charge in [-0.25, -0.2) is 4.98 Å². The Bertz CT molecular complexity index is 726. The molecule has 0 saturated heterocycles. The van der Waals surface area contributed by atoms with Gasteiger partial charge in [0, 0.05) is 31.0 Å². The van der Waals surface area contributed by atoms with E-state index >= 15 is 0 Å². The van der Waals surface area contributed by atoms with Crippen LogP contribution < -0.4 is 9.47 Å². The van der Waals surface area contributed by atoms with E-state index in [1.54, 1.807) is 0 Å². The van der Waals surface area contributed by atoms with Crippen molar-refractivity contribution in [3.8, 4) is 17.6 Å². The number of ether oxygens (including phenoxy) is 2. The van der Waals surface area contributed by atoms with E-state index in [1.165, 1.54) is 0 Å². The molecule has 5 heteroatoms. The Kier molecular flexibility index (Phi) is 4.71. The van der Waals surface area contributed by atoms with Crippen molar-refractivity contribution in [1.82, 2.24) is 9.55 Å². The fourth-order valence-electron chi connectivity index (χ4n) is 3.20. The van der Waals surface area contributed by atoms with E-state index in [0.29, 0.717) is 25.6 Å². The average Bonchev–Trinajstić information content (AvgIpc) is 2.92. The number of nitriles is 1. The Balaban J connectivity index is 2.08. The first-order chi connectivity index (χ1) is 11.3. The first kappa shape index (κ1) is 15.7. The van der Waals surface area contributed by atoms with E-state index in [1.807, 2.05) is 12.1 Å². The molecule has 2 aromatic rings. The minimum Gasteiger partial charge on any atom is -0.486 e. The summed E-state index contributed by atoms with van der Waals surface area (Å²) in [5.74, 6) is 3.12. The van der Waals surface area contributed by atoms with E-state index in [4.69, 9.17) is 19.7 Å². The third-order valence-corrected chi connectivity index (χ3v) is 4.46. The third-order valence-electron chi connectivity index (χ3n) is 4.46. The van der Waals surface area contributed by atoms with Crippen molar-refractivity contribution < 1.29 is 9.47 Å². The minimum atomic E-state index is 0.434. The van der Waals surface area contributed by atoms with E-state index < -0.39 is 0 Å². The summed E-state index contributed by atoms with van der Waals surface area (Å²) in [6.45, 7) is 6.38. The van der Waals surface area contributed by atoms with Crippen molar-refractivity contribution in [3.05, 3.63) is 18.0 Å². The lowest BCUT2D eigenvalue weighted by molar-refractivity contribution is 0.172. The number of rotatable bonds is 6. The second kappa shape index (κ2) is 6.91. The summed E-state index contributed by atoms with van der Waals surface area (Å²) in [6, 6.07) is 6.25. The van der Waals surface area contributed by atoms with Gasteiger partial charge in [-0.2, -0.15) is 5.26 Å². The minimum absolute atomic E-state index is 0.434. The monoisotopic (exact) mass is 313 g/mol. The summed E-state index contributed by atoms with van der Waals surface area (Å²) in [4.78, 5) is 4.89. The number of aryl methyl sites for hydroxylation is 1. The molecule has 0 N–H and O–H groups in total. The molecule has 23 heavy (non-hydrogen) atoms. The molecule has 0 unspecified atom stereocenters. The van der Waals surface area contributed by atoms with Gasteiger partial charge < -0.3 is 14.0 Å². The molecule has 0 aliphatic carbocycles. The molecule has 0 atom stereocenters. The number of hydrogen-bond acceptors (Lipinski definition) is 4. The summed E-state index contributed by atoms with van der Waals surface area (Å²) < 4.78 is 13.7. The molecule has 0 spiro atoms. The predicted octanol–water partition coefficient (Wildman–Crippen LogP) is 4.01. The van der Waals surface area contributed by atoms with Crippen LogP contribution in [-0.4, -0.2) is 22.8 Å². The summed E-state index contributed by atoms with van der Waals surface area (Å²) in [5.41, 5.74) is 2.03. The Morgan fingerprint density at radius 1 is 1.22 bits per heavy atom. The maximum atomic E-state index is 8.83. The Morgan fingerprint density at radius 2 is 1.91 bits per heavy atom. The molecular weight excluding hydrogens is 290 g/mol. The quantitative estimate of drug-likeness (QED) is 0.756. The summed E-state index contributed by atoms with van der Waals surface area (Å²) >= 11 is 0. The van der Waals surface area contributed by atoms with Crippen molar-refractivity contribution in [2.24, 2.45) is 0 Å². The van der Waals surface area contributed by atoms with Crippen LogP contribution in [0.15, 0.2) is 12.1 Å². The van der Waals surface area contributed by atoms with E-state index in [-0.39, 0.29) is 0 Å². The molecule has 1 aliphatic heterocycles. The highest BCUT2D eigenvalue weighted by atomic mass is 16.6. The molecule has 0 bridgehead atoms. The molecule has 0 radical (unpaired) electrons. The van der Waals surface area contributed by atoms with Crippen molar-refractivity contribution in [2.75, 3.05) is 13.2 Å². The largest absolute Gasteiger partial charge is 0.486 e. The molecule has 5 nitrogen and oxygen atoms in total. The third kappa shape index (κ3) is 2.98. The number of aromatic nitrogens is 2. The lowest BCUT2D eigenvalue weighted by atomic mass is 10.0. The number of unbranched alkanes of at least 4 members (excludes halogenated alkanes) is 1. The standard InChI is InChI=1S/C18H23N3O2/c1-3-13(4-2)18-20-14-11-16-17(23-10-9-22-16)12-15(14)21(18)8-6-5-7-19/h11-13H,3-6,8-10H2,1-2H3. The van der Waals surface area contributed by atoms with Gasteiger partial charge in [0.15, 0.2) is 11.5 Å². The van der Waals surface area contributed by atoms with Gasteiger partial charge in [0.05, 0.1) is 17.1 Å². The highest BCUT2D eigenvalue weighted by Gasteiger charge is 2.21. The van der Waals surface area contributed by atoms with Crippen LogP contribution in [0, 0.1) is 11.3 Å². The molecule has 1 aromatic carbocycles. The van der Waals surface area contributed by atoms with Gasteiger partial charge >= 0.3 is 0 Å². The molecule has 0 fully saturated rings. The molecule has 1 aromatic heterocycles. The van der Waals surface area contributed by atoms with Crippen LogP contribution in [0.1, 0.15) is 51.3 Å². The van der Waals surface area contributed by atoms with Crippen molar-refractivity contribution in [3.63, 3.8) is 0 Å². The van der Waals surface area contributed by atoms with E-state index in [2.05, 4.69) is 24.5 Å². The van der Waals surface area contributed by atoms with Crippen LogP contribution in [0.2, 0.25) is 0 Å². The molecule has 1 aliphatic rings. The van der Waals surface area contributed by atoms with Crippen LogP contribution in [0.4, 0.5) is 0 Å². The second-order valence-electron chi connectivity index (χ2n) is 5.88. The Labute approximate surface area is 136 Å². The molecule has 0 amide bonds. The van der Waals surface area contributed by atoms with Gasteiger partial charge in [-0.15, -0.1) is 0 Å². The van der Waals surface area contributed by atoms with Crippen LogP contribution in [0.5, 0.6) is 11.5 Å². The number of imidazole rings is 1. The lowest BCUT2D eigenvalue weighted by Crippen LogP contribution is -2.15. The topological polar surface area (TPSA) is 60.1 Å². The predicted molar refractivity (Wildman–Crippen MR) is 88.9 cm³/mol. The first-order valence-electron chi connectivity index (χ1n) is 8.45. The fourth-order valence-corrected chi connectivity index (χ4v) is 3.20. The normalized spacial score (nSPS) is 13.5. The number of nitrogens with zero attached hydrogens (tertiary/aromatic N) is 3. The molecule has 122 valence electrons. The van der Waals surface area contributed by atoms with Crippen molar-refractivity contribution in [1.29, 1.82) is 5.26 Å². The summed E-state index contributed by atoms with van der Waals surface area (Å²) in [5, 5.41) is 8.83. The Morgan fingerprint density at radius 3 is 2.57 bits per heavy atom. The van der Waals surface area contributed by atoms with Gasteiger partial charge in [0.25, 0.3) is 0 Å². The van der Waals surface area contributed by atoms with E-state index in [0.717, 1.165) is 54.2 Å². The number of fused-ring (bicyclic) bond motifs is 2. The summed E-state index contributed by atoms with van der Waals surface area (Å²) in [6.07, 6.45) is 3.52. The second-order valence-corrected chi connectivity index (χ2v) is 5.88. The Hall–Kier alpha value is -2.22. The number of hydrogen-bond donors (Lipinski definition) is 0. The summed E-state index contributed by atoms with van der Waals surface area (Å²) in [7, 11) is 0. The zero-order valence-corrected chi connectivity index (χ0v) is 13.8. The van der Waals surface area contributed by atoms with Crippen LogP contribution in [0.3, 0.4) is 0 Å². The van der Waals surface area contributed by atoms with Gasteiger partial charge in [0.1, 0.15) is 19.0 Å². The molecule has 2 heterocycles. The molecule has 3 rings (SSSR count). The lowest BCUT2D eigenvalue weighted by Gasteiger charge is -2.18. The van der Waals surface area contributed by atoms with Crippen LogP contribution >= 0.6 is 0 Å². The van der Waals surface area contributed by atoms with Gasteiger partial charge in [-0.05, 0) is 19.3 Å². The van der Waals surface area contributed by atoms with Crippen molar-refractivity contribution in [2.45, 2.75) is 52.0 Å². The van der Waals surface area contributed by atoms with Crippen LogP contribution in [0.25, 0.3) is 11.0 Å². The molecular formula is C18H23N3O2. The van der Waals surface area contributed by atoms with Crippen molar-refractivity contribution >= 4 is 11.0 Å². The van der Waals surface area contributed by atoms with Crippen LogP contribution in [-0.2, 0) is 6.54 Å². The zero-order valence-electron chi connectivity index (χ0n) is 13.8. The highest BCUT2D eigenvalue weighted by molar-refractivity contribution is 5.81. The zero-order chi connectivity index (χ0) is 16.2. The SMILES string of the molecule is CCC(CC)c1nc2cc3c(cc2n1CCCC#N)OCCO3. The first-order valence-corrected chi connectivity index (χ1v) is 8.45. The van der Waals surface area contributed by atoms with Gasteiger partial charge in [-0.1, -0.05) is 13.8 Å². The number of benzene rings is 1. The van der Waals surface area contributed by atoms with Gasteiger partial charge in [-0.3, -0.25) is 0 Å². The maximum Gasteiger partial charge on any atom is 0.163 e. The molecule has 0 saturated carbocycles. The highest BCUT2D eigenvalue weighted by Crippen LogP contribution is 2.36. The van der Waals surface area contributed by atoms with E-state index in [9.17, 15) is 0 Å². The smallest absolute Gasteiger partial charge is 0.163 e. The average molecular weight is 313 g/mol. The van der Waals surface area contributed by atoms with Gasteiger partial charge in [0.2, 0.25) is 0 Å². The maximum absolute atomic E-state index is 8.83. The fraction of sp³-hybridized carbons (Fsp3) is 0.556.